The third kappa shape index (κ3) is 4.81. The normalized spacial score (nSPS) is 18.8. The Labute approximate surface area is 176 Å². The zero-order chi connectivity index (χ0) is 20.8. The lowest BCUT2D eigenvalue weighted by molar-refractivity contribution is -0.136. The number of nitrogens with zero attached hydrogens (tertiary/aromatic N) is 4. The van der Waals surface area contributed by atoms with Gasteiger partial charge in [-0.3, -0.25) is 4.79 Å². The number of hydrogen-bond donors (Lipinski definition) is 1. The van der Waals surface area contributed by atoms with E-state index in [2.05, 4.69) is 14.9 Å². The Morgan fingerprint density at radius 1 is 1.07 bits per heavy atom. The highest BCUT2D eigenvalue weighted by molar-refractivity contribution is 5.85. The summed E-state index contributed by atoms with van der Waals surface area (Å²) in [4.78, 5) is 33.7. The molecular formula is C22H29N5O3. The van der Waals surface area contributed by atoms with Crippen LogP contribution in [0.2, 0.25) is 0 Å². The van der Waals surface area contributed by atoms with E-state index in [4.69, 9.17) is 4.74 Å². The second-order valence-corrected chi connectivity index (χ2v) is 7.82. The molecule has 1 aromatic heterocycles. The molecule has 3 heterocycles. The Bertz CT molecular complexity index is 813. The number of aromatic nitrogens is 2. The van der Waals surface area contributed by atoms with Crippen molar-refractivity contribution in [1.29, 1.82) is 0 Å². The van der Waals surface area contributed by atoms with Crippen molar-refractivity contribution < 1.29 is 14.3 Å². The van der Waals surface area contributed by atoms with Crippen LogP contribution in [0.3, 0.4) is 0 Å². The van der Waals surface area contributed by atoms with Crippen molar-refractivity contribution in [3.05, 3.63) is 54.6 Å². The number of benzene rings is 1. The van der Waals surface area contributed by atoms with Crippen molar-refractivity contribution in [2.24, 2.45) is 0 Å². The molecule has 1 N–H and O–H groups in total. The third-order valence-corrected chi connectivity index (χ3v) is 5.98. The Morgan fingerprint density at radius 3 is 2.47 bits per heavy atom. The first kappa shape index (κ1) is 20.4. The summed E-state index contributed by atoms with van der Waals surface area (Å²) in [6.45, 7) is 4.00. The van der Waals surface area contributed by atoms with Crippen LogP contribution in [0.1, 0.15) is 30.4 Å². The Morgan fingerprint density at radius 2 is 1.80 bits per heavy atom. The summed E-state index contributed by atoms with van der Waals surface area (Å²) in [5.41, 5.74) is 0.924. The third-order valence-electron chi connectivity index (χ3n) is 5.98. The minimum atomic E-state index is -0.392. The average molecular weight is 412 g/mol. The van der Waals surface area contributed by atoms with Crippen LogP contribution in [0.15, 0.2) is 49.1 Å². The number of hydrogen-bond acceptors (Lipinski definition) is 4. The van der Waals surface area contributed by atoms with Gasteiger partial charge in [-0.05, 0) is 18.4 Å². The highest BCUT2D eigenvalue weighted by Gasteiger charge is 2.29. The fourth-order valence-electron chi connectivity index (χ4n) is 4.19. The molecule has 2 aliphatic heterocycles. The SMILES string of the molecule is O=C(NCC(C(=O)N1CCOCC1)c1ccccc1)N1CCC(n2ccnc2)CC1. The van der Waals surface area contributed by atoms with Crippen molar-refractivity contribution >= 4 is 11.9 Å². The summed E-state index contributed by atoms with van der Waals surface area (Å²) in [6.07, 6.45) is 7.40. The molecule has 3 amide bonds. The number of carbonyl (C=O) groups excluding carboxylic acids is 2. The lowest BCUT2D eigenvalue weighted by Crippen LogP contribution is -2.48. The van der Waals surface area contributed by atoms with Gasteiger partial charge in [0.2, 0.25) is 5.91 Å². The fourth-order valence-corrected chi connectivity index (χ4v) is 4.19. The molecule has 1 unspecified atom stereocenters. The highest BCUT2D eigenvalue weighted by Crippen LogP contribution is 2.23. The predicted octanol–water partition coefficient (Wildman–Crippen LogP) is 1.87. The number of nitrogens with one attached hydrogen (secondary N) is 1. The van der Waals surface area contributed by atoms with Crippen molar-refractivity contribution in [1.82, 2.24) is 24.7 Å². The van der Waals surface area contributed by atoms with Gasteiger partial charge in [0.15, 0.2) is 0 Å². The Hall–Kier alpha value is -2.87. The molecule has 0 bridgehead atoms. The van der Waals surface area contributed by atoms with Crippen LogP contribution in [-0.4, -0.2) is 77.2 Å². The van der Waals surface area contributed by atoms with Gasteiger partial charge in [0.05, 0.1) is 25.5 Å². The van der Waals surface area contributed by atoms with Crippen LogP contribution in [0, 0.1) is 0 Å². The molecule has 160 valence electrons. The number of piperidine rings is 1. The molecule has 8 heteroatoms. The number of imidazole rings is 1. The van der Waals surface area contributed by atoms with Gasteiger partial charge in [-0.1, -0.05) is 30.3 Å². The van der Waals surface area contributed by atoms with Gasteiger partial charge < -0.3 is 24.4 Å². The van der Waals surface area contributed by atoms with Crippen molar-refractivity contribution in [2.75, 3.05) is 45.9 Å². The first-order chi connectivity index (χ1) is 14.7. The van der Waals surface area contributed by atoms with Gasteiger partial charge in [-0.15, -0.1) is 0 Å². The topological polar surface area (TPSA) is 79.7 Å². The van der Waals surface area contributed by atoms with Crippen LogP contribution in [0.25, 0.3) is 0 Å². The van der Waals surface area contributed by atoms with E-state index in [1.165, 1.54) is 0 Å². The molecule has 0 radical (unpaired) electrons. The van der Waals surface area contributed by atoms with Crippen molar-refractivity contribution in [3.8, 4) is 0 Å². The maximum atomic E-state index is 13.2. The van der Waals surface area contributed by atoms with Gasteiger partial charge >= 0.3 is 6.03 Å². The summed E-state index contributed by atoms with van der Waals surface area (Å²) in [6, 6.07) is 9.97. The van der Waals surface area contributed by atoms with E-state index in [0.717, 1.165) is 18.4 Å². The fraction of sp³-hybridized carbons (Fsp3) is 0.500. The van der Waals surface area contributed by atoms with Crippen LogP contribution < -0.4 is 5.32 Å². The molecule has 0 saturated carbocycles. The number of urea groups is 1. The first-order valence-electron chi connectivity index (χ1n) is 10.6. The average Bonchev–Trinajstić information content (AvgIpc) is 3.35. The van der Waals surface area contributed by atoms with E-state index in [1.54, 1.807) is 6.20 Å². The number of amides is 3. The van der Waals surface area contributed by atoms with Crippen LogP contribution in [-0.2, 0) is 9.53 Å². The van der Waals surface area contributed by atoms with Crippen LogP contribution >= 0.6 is 0 Å². The minimum Gasteiger partial charge on any atom is -0.378 e. The summed E-state index contributed by atoms with van der Waals surface area (Å²) in [5, 5.41) is 3.01. The Balaban J connectivity index is 1.35. The van der Waals surface area contributed by atoms with Crippen molar-refractivity contribution in [2.45, 2.75) is 24.8 Å². The lowest BCUT2D eigenvalue weighted by atomic mass is 9.97. The number of ether oxygens (including phenoxy) is 1. The van der Waals surface area contributed by atoms with E-state index >= 15 is 0 Å². The predicted molar refractivity (Wildman–Crippen MR) is 112 cm³/mol. The molecule has 4 rings (SSSR count). The number of morpholine rings is 1. The summed E-state index contributed by atoms with van der Waals surface area (Å²) < 4.78 is 7.49. The van der Waals surface area contributed by atoms with E-state index in [0.29, 0.717) is 52.0 Å². The maximum absolute atomic E-state index is 13.2. The molecule has 2 aromatic rings. The van der Waals surface area contributed by atoms with E-state index < -0.39 is 5.92 Å². The monoisotopic (exact) mass is 411 g/mol. The largest absolute Gasteiger partial charge is 0.378 e. The van der Waals surface area contributed by atoms with Gasteiger partial charge in [0, 0.05) is 51.2 Å². The molecule has 1 aromatic carbocycles. The molecule has 2 fully saturated rings. The quantitative estimate of drug-likeness (QED) is 0.815. The molecular weight excluding hydrogens is 382 g/mol. The molecule has 1 atom stereocenters. The van der Waals surface area contributed by atoms with Crippen LogP contribution in [0.5, 0.6) is 0 Å². The molecule has 0 spiro atoms. The summed E-state index contributed by atoms with van der Waals surface area (Å²) >= 11 is 0. The smallest absolute Gasteiger partial charge is 0.317 e. The highest BCUT2D eigenvalue weighted by atomic mass is 16.5. The first-order valence-corrected chi connectivity index (χ1v) is 10.6. The number of likely N-dealkylation sites (tertiary alicyclic amines) is 1. The van der Waals surface area contributed by atoms with Crippen molar-refractivity contribution in [3.63, 3.8) is 0 Å². The second-order valence-electron chi connectivity index (χ2n) is 7.82. The minimum absolute atomic E-state index is 0.0450. The zero-order valence-corrected chi connectivity index (χ0v) is 17.2. The van der Waals surface area contributed by atoms with Gasteiger partial charge in [-0.25, -0.2) is 9.78 Å². The van der Waals surface area contributed by atoms with Gasteiger partial charge in [-0.2, -0.15) is 0 Å². The Kier molecular flexibility index (Phi) is 6.63. The number of carbonyl (C=O) groups is 2. The molecule has 2 saturated heterocycles. The standard InChI is InChI=1S/C22H29N5O3/c28-21(25-12-14-30-15-13-25)20(18-4-2-1-3-5-18)16-24-22(29)26-9-6-19(7-10-26)27-11-8-23-17-27/h1-5,8,11,17,19-20H,6-7,9-10,12-16H2,(H,24,29). The lowest BCUT2D eigenvalue weighted by Gasteiger charge is -2.34. The maximum Gasteiger partial charge on any atom is 0.317 e. The van der Waals surface area contributed by atoms with Crippen LogP contribution in [0.4, 0.5) is 4.79 Å². The number of rotatable bonds is 5. The second kappa shape index (κ2) is 9.75. The molecule has 2 aliphatic rings. The van der Waals surface area contributed by atoms with Gasteiger partial charge in [0.25, 0.3) is 0 Å². The molecule has 0 aliphatic carbocycles. The van der Waals surface area contributed by atoms with E-state index in [-0.39, 0.29) is 11.9 Å². The zero-order valence-electron chi connectivity index (χ0n) is 17.2. The molecule has 8 nitrogen and oxygen atoms in total. The molecule has 30 heavy (non-hydrogen) atoms. The summed E-state index contributed by atoms with van der Waals surface area (Å²) in [5.74, 6) is -0.347. The van der Waals surface area contributed by atoms with Gasteiger partial charge in [0.1, 0.15) is 0 Å². The summed E-state index contributed by atoms with van der Waals surface area (Å²) in [7, 11) is 0. The van der Waals surface area contributed by atoms with E-state index in [1.807, 2.05) is 52.7 Å². The van der Waals surface area contributed by atoms with E-state index in [9.17, 15) is 9.59 Å².